The van der Waals surface area contributed by atoms with Gasteiger partial charge in [-0.2, -0.15) is 0 Å². The molecule has 0 spiro atoms. The highest BCUT2D eigenvalue weighted by Crippen LogP contribution is 2.27. The molecule has 0 bridgehead atoms. The normalized spacial score (nSPS) is 13.6. The molecule has 3 rings (SSSR count). The summed E-state index contributed by atoms with van der Waals surface area (Å²) in [5.41, 5.74) is 1.47. The number of hydrogen-bond acceptors (Lipinski definition) is 5. The summed E-state index contributed by atoms with van der Waals surface area (Å²) in [5.74, 6) is -0.0647. The first-order valence-corrected chi connectivity index (χ1v) is 13.2. The Kier molecular flexibility index (Phi) is 9.32. The Morgan fingerprint density at radius 2 is 1.79 bits per heavy atom. The Morgan fingerprint density at radius 1 is 1.09 bits per heavy atom. The van der Waals surface area contributed by atoms with Crippen LogP contribution in [-0.2, 0) is 26.0 Å². The molecule has 0 unspecified atom stereocenters. The monoisotopic (exact) mass is 507 g/mol. The SMILES string of the molecule is CCCCNS(=O)(=O)c1ccc(OCC(=O)Nc2ccc(CC(=O)N3CCCC3)cc2)c(Cl)c1. The molecule has 0 atom stereocenters. The van der Waals surface area contributed by atoms with Gasteiger partial charge in [-0.3, -0.25) is 9.59 Å². The molecule has 2 amide bonds. The molecule has 8 nitrogen and oxygen atoms in total. The van der Waals surface area contributed by atoms with E-state index < -0.39 is 15.9 Å². The van der Waals surface area contributed by atoms with E-state index in [1.54, 1.807) is 12.1 Å². The van der Waals surface area contributed by atoms with Crippen LogP contribution in [0.25, 0.3) is 0 Å². The summed E-state index contributed by atoms with van der Waals surface area (Å²) < 4.78 is 32.6. The van der Waals surface area contributed by atoms with Crippen LogP contribution in [0, 0.1) is 0 Å². The lowest BCUT2D eigenvalue weighted by molar-refractivity contribution is -0.129. The molecule has 0 saturated carbocycles. The van der Waals surface area contributed by atoms with E-state index in [1.165, 1.54) is 18.2 Å². The fourth-order valence-electron chi connectivity index (χ4n) is 3.53. The second-order valence-corrected chi connectivity index (χ2v) is 10.3. The van der Waals surface area contributed by atoms with Crippen molar-refractivity contribution in [3.63, 3.8) is 0 Å². The van der Waals surface area contributed by atoms with Crippen LogP contribution in [0.2, 0.25) is 5.02 Å². The smallest absolute Gasteiger partial charge is 0.262 e. The average molecular weight is 508 g/mol. The molecule has 1 fully saturated rings. The van der Waals surface area contributed by atoms with Crippen LogP contribution in [0.4, 0.5) is 5.69 Å². The maximum absolute atomic E-state index is 12.3. The van der Waals surface area contributed by atoms with Gasteiger partial charge in [0.25, 0.3) is 5.91 Å². The van der Waals surface area contributed by atoms with E-state index in [0.29, 0.717) is 18.7 Å². The lowest BCUT2D eigenvalue weighted by atomic mass is 10.1. The third-order valence-electron chi connectivity index (χ3n) is 5.45. The standard InChI is InChI=1S/C24H30ClN3O5S/c1-2-3-12-26-34(31,32)20-10-11-22(21(25)16-20)33-17-23(29)27-19-8-6-18(7-9-19)15-24(30)28-13-4-5-14-28/h6-11,16,26H,2-5,12-15,17H2,1H3,(H,27,29). The Morgan fingerprint density at radius 3 is 2.44 bits per heavy atom. The number of amides is 2. The molecule has 184 valence electrons. The minimum atomic E-state index is -3.65. The number of rotatable bonds is 11. The number of unbranched alkanes of at least 4 members (excludes halogenated alkanes) is 1. The van der Waals surface area contributed by atoms with E-state index in [1.807, 2.05) is 24.0 Å². The maximum Gasteiger partial charge on any atom is 0.262 e. The van der Waals surface area contributed by atoms with Gasteiger partial charge >= 0.3 is 0 Å². The van der Waals surface area contributed by atoms with Gasteiger partial charge in [-0.1, -0.05) is 37.1 Å². The van der Waals surface area contributed by atoms with Crippen molar-refractivity contribution in [2.75, 3.05) is 31.6 Å². The molecule has 10 heteroatoms. The van der Waals surface area contributed by atoms with E-state index in [4.69, 9.17) is 16.3 Å². The van der Waals surface area contributed by atoms with E-state index in [0.717, 1.165) is 44.3 Å². The van der Waals surface area contributed by atoms with Crippen molar-refractivity contribution in [1.29, 1.82) is 0 Å². The maximum atomic E-state index is 12.3. The zero-order chi connectivity index (χ0) is 24.6. The second kappa shape index (κ2) is 12.2. The van der Waals surface area contributed by atoms with Gasteiger partial charge in [0.1, 0.15) is 5.75 Å². The van der Waals surface area contributed by atoms with Gasteiger partial charge in [0.2, 0.25) is 15.9 Å². The number of carbonyl (C=O) groups is 2. The molecule has 0 aromatic heterocycles. The first kappa shape index (κ1) is 26.0. The number of halogens is 1. The lowest BCUT2D eigenvalue weighted by Gasteiger charge is -2.15. The number of nitrogens with one attached hydrogen (secondary N) is 2. The summed E-state index contributed by atoms with van der Waals surface area (Å²) in [6.07, 6.45) is 4.08. The van der Waals surface area contributed by atoms with Crippen molar-refractivity contribution in [3.05, 3.63) is 53.1 Å². The van der Waals surface area contributed by atoms with Crippen LogP contribution >= 0.6 is 11.6 Å². The van der Waals surface area contributed by atoms with Crippen LogP contribution in [0.5, 0.6) is 5.75 Å². The Hall–Kier alpha value is -2.62. The van der Waals surface area contributed by atoms with Crippen molar-refractivity contribution in [1.82, 2.24) is 9.62 Å². The van der Waals surface area contributed by atoms with E-state index in [9.17, 15) is 18.0 Å². The summed E-state index contributed by atoms with van der Waals surface area (Å²) in [6, 6.07) is 11.2. The van der Waals surface area contributed by atoms with Crippen LogP contribution < -0.4 is 14.8 Å². The molecular formula is C24H30ClN3O5S. The largest absolute Gasteiger partial charge is 0.482 e. The summed E-state index contributed by atoms with van der Waals surface area (Å²) in [6.45, 7) is 3.68. The molecule has 2 N–H and O–H groups in total. The number of nitrogens with zero attached hydrogens (tertiary/aromatic N) is 1. The minimum Gasteiger partial charge on any atom is -0.482 e. The summed E-state index contributed by atoms with van der Waals surface area (Å²) in [4.78, 5) is 26.4. The number of ether oxygens (including phenoxy) is 1. The second-order valence-electron chi connectivity index (χ2n) is 8.14. The van der Waals surface area contributed by atoms with Crippen LogP contribution in [0.1, 0.15) is 38.2 Å². The van der Waals surface area contributed by atoms with Gasteiger partial charge in [-0.05, 0) is 55.2 Å². The number of benzene rings is 2. The van der Waals surface area contributed by atoms with Gasteiger partial charge in [0, 0.05) is 25.3 Å². The molecular weight excluding hydrogens is 478 g/mol. The number of sulfonamides is 1. The predicted octanol–water partition coefficient (Wildman–Crippen LogP) is 3.60. The van der Waals surface area contributed by atoms with E-state index in [-0.39, 0.29) is 28.2 Å². The van der Waals surface area contributed by atoms with Crippen molar-refractivity contribution in [3.8, 4) is 5.75 Å². The number of carbonyl (C=O) groups excluding carboxylic acids is 2. The molecule has 2 aromatic rings. The van der Waals surface area contributed by atoms with Crippen LogP contribution in [0.3, 0.4) is 0 Å². The first-order valence-electron chi connectivity index (χ1n) is 11.4. The molecule has 2 aromatic carbocycles. The van der Waals surface area contributed by atoms with Crippen LogP contribution in [0.15, 0.2) is 47.4 Å². The summed E-state index contributed by atoms with van der Waals surface area (Å²) >= 11 is 6.17. The average Bonchev–Trinajstić information content (AvgIpc) is 3.35. The van der Waals surface area contributed by atoms with Crippen molar-refractivity contribution < 1.29 is 22.7 Å². The van der Waals surface area contributed by atoms with Crippen LogP contribution in [-0.4, -0.2) is 51.4 Å². The zero-order valence-corrected chi connectivity index (χ0v) is 20.8. The highest BCUT2D eigenvalue weighted by molar-refractivity contribution is 7.89. The number of likely N-dealkylation sites (tertiary alicyclic amines) is 1. The third-order valence-corrected chi connectivity index (χ3v) is 7.20. The highest BCUT2D eigenvalue weighted by Gasteiger charge is 2.18. The topological polar surface area (TPSA) is 105 Å². The van der Waals surface area contributed by atoms with Crippen molar-refractivity contribution in [2.24, 2.45) is 0 Å². The van der Waals surface area contributed by atoms with Gasteiger partial charge in [0.15, 0.2) is 6.61 Å². The number of anilines is 1. The molecule has 0 aliphatic carbocycles. The zero-order valence-electron chi connectivity index (χ0n) is 19.2. The molecule has 34 heavy (non-hydrogen) atoms. The Labute approximate surface area is 205 Å². The summed E-state index contributed by atoms with van der Waals surface area (Å²) in [5, 5.41) is 2.82. The minimum absolute atomic E-state index is 0.0358. The van der Waals surface area contributed by atoms with Gasteiger partial charge in [0.05, 0.1) is 16.3 Å². The molecule has 1 aliphatic heterocycles. The Balaban J connectivity index is 1.49. The fourth-order valence-corrected chi connectivity index (χ4v) is 4.93. The first-order chi connectivity index (χ1) is 16.3. The summed E-state index contributed by atoms with van der Waals surface area (Å²) in [7, 11) is -3.65. The molecule has 1 aliphatic rings. The molecule has 0 radical (unpaired) electrons. The van der Waals surface area contributed by atoms with E-state index >= 15 is 0 Å². The number of hydrogen-bond donors (Lipinski definition) is 2. The van der Waals surface area contributed by atoms with E-state index in [2.05, 4.69) is 10.0 Å². The molecule has 1 heterocycles. The van der Waals surface area contributed by atoms with Gasteiger partial charge in [-0.25, -0.2) is 13.1 Å². The lowest BCUT2D eigenvalue weighted by Crippen LogP contribution is -2.29. The van der Waals surface area contributed by atoms with Gasteiger partial charge in [-0.15, -0.1) is 0 Å². The van der Waals surface area contributed by atoms with Gasteiger partial charge < -0.3 is 15.0 Å². The van der Waals surface area contributed by atoms with Crippen molar-refractivity contribution in [2.45, 2.75) is 43.9 Å². The fraction of sp³-hybridized carbons (Fsp3) is 0.417. The predicted molar refractivity (Wildman–Crippen MR) is 132 cm³/mol. The highest BCUT2D eigenvalue weighted by atomic mass is 35.5. The molecule has 1 saturated heterocycles. The quantitative estimate of drug-likeness (QED) is 0.452. The van der Waals surface area contributed by atoms with Crippen molar-refractivity contribution >= 4 is 39.1 Å². The third kappa shape index (κ3) is 7.44. The Bertz CT molecular complexity index is 1100.